The topological polar surface area (TPSA) is 97.1 Å². The van der Waals surface area contributed by atoms with Crippen LogP contribution in [0.2, 0.25) is 0 Å². The highest BCUT2D eigenvalue weighted by atomic mass is 19.3. The van der Waals surface area contributed by atoms with Crippen molar-refractivity contribution in [1.82, 2.24) is 15.3 Å². The fourth-order valence-electron chi connectivity index (χ4n) is 3.38. The van der Waals surface area contributed by atoms with Crippen molar-refractivity contribution in [3.63, 3.8) is 0 Å². The molecule has 1 heterocycles. The zero-order chi connectivity index (χ0) is 24.8. The molecule has 7 nitrogen and oxygen atoms in total. The average Bonchev–Trinajstić information content (AvgIpc) is 2.70. The van der Waals surface area contributed by atoms with E-state index in [2.05, 4.69) is 21.4 Å². The number of hydrogen-bond acceptors (Lipinski definition) is 6. The number of hydrogen-bond donors (Lipinski definition) is 1. The Bertz CT molecular complexity index is 1020. The molecule has 1 amide bonds. The number of rotatable bonds is 8. The number of nitriles is 1. The maximum atomic E-state index is 12.9. The zero-order valence-corrected chi connectivity index (χ0v) is 19.8. The summed E-state index contributed by atoms with van der Waals surface area (Å²) in [4.78, 5) is 19.8. The van der Waals surface area contributed by atoms with E-state index in [0.29, 0.717) is 17.7 Å². The number of ether oxygens (including phenoxy) is 2. The van der Waals surface area contributed by atoms with Crippen LogP contribution in [0.5, 0.6) is 5.75 Å². The van der Waals surface area contributed by atoms with Gasteiger partial charge in [0, 0.05) is 11.8 Å². The Labute approximate surface area is 193 Å². The number of alkyl carbamates (subject to hydrolysis) is 1. The summed E-state index contributed by atoms with van der Waals surface area (Å²) in [7, 11) is 0. The Morgan fingerprint density at radius 1 is 1.21 bits per heavy atom. The Hall–Kier alpha value is -3.28. The molecule has 0 fully saturated rings. The number of nitrogens with one attached hydrogen (secondary N) is 1. The van der Waals surface area contributed by atoms with E-state index in [0.717, 1.165) is 0 Å². The van der Waals surface area contributed by atoms with Gasteiger partial charge in [-0.2, -0.15) is 5.26 Å². The normalized spacial score (nSPS) is 13.4. The van der Waals surface area contributed by atoms with Crippen molar-refractivity contribution >= 4 is 6.09 Å². The molecule has 1 unspecified atom stereocenters. The minimum atomic E-state index is -2.79. The summed E-state index contributed by atoms with van der Waals surface area (Å²) in [5.74, 6) is -0.0116. The number of aromatic nitrogens is 2. The zero-order valence-electron chi connectivity index (χ0n) is 19.8. The van der Waals surface area contributed by atoms with E-state index < -0.39 is 29.5 Å². The van der Waals surface area contributed by atoms with Crippen LogP contribution in [0.1, 0.15) is 65.8 Å². The Kier molecular flexibility index (Phi) is 8.31. The third-order valence-electron chi connectivity index (χ3n) is 4.47. The molecule has 2 rings (SSSR count). The molecule has 0 spiro atoms. The molecule has 0 bridgehead atoms. The van der Waals surface area contributed by atoms with Crippen LogP contribution in [0.4, 0.5) is 13.6 Å². The summed E-state index contributed by atoms with van der Waals surface area (Å²) in [6, 6.07) is 8.30. The molecule has 2 aromatic rings. The smallest absolute Gasteiger partial charge is 0.408 e. The van der Waals surface area contributed by atoms with Crippen molar-refractivity contribution in [2.45, 2.75) is 65.5 Å². The van der Waals surface area contributed by atoms with E-state index in [1.807, 2.05) is 20.8 Å². The molecule has 0 aliphatic heterocycles. The molecule has 9 heteroatoms. The van der Waals surface area contributed by atoms with E-state index >= 15 is 0 Å². The molecule has 0 aliphatic carbocycles. The van der Waals surface area contributed by atoms with E-state index in [4.69, 9.17) is 9.47 Å². The fourth-order valence-corrected chi connectivity index (χ4v) is 3.38. The molecule has 0 aliphatic rings. The third-order valence-corrected chi connectivity index (χ3v) is 4.47. The maximum Gasteiger partial charge on any atom is 0.408 e. The number of nitrogens with zero attached hydrogens (tertiary/aromatic N) is 3. The molecule has 1 atom stereocenters. The highest BCUT2D eigenvalue weighted by Gasteiger charge is 2.31. The molecule has 178 valence electrons. The van der Waals surface area contributed by atoms with Gasteiger partial charge in [0.05, 0.1) is 16.8 Å². The van der Waals surface area contributed by atoms with E-state index in [1.54, 1.807) is 32.9 Å². The SMILES string of the molecule is CC(C)CC(C)(COc1ccc(-c2ccnc(C(F)F)n2)cc1C#N)NC(=O)OC(C)(C)C. The van der Waals surface area contributed by atoms with Crippen LogP contribution in [0.25, 0.3) is 11.3 Å². The molecule has 0 saturated heterocycles. The van der Waals surface area contributed by atoms with E-state index in [9.17, 15) is 18.8 Å². The van der Waals surface area contributed by atoms with Crippen molar-refractivity contribution in [3.8, 4) is 23.1 Å². The average molecular weight is 461 g/mol. The number of alkyl halides is 2. The van der Waals surface area contributed by atoms with Gasteiger partial charge >= 0.3 is 6.09 Å². The predicted molar refractivity (Wildman–Crippen MR) is 120 cm³/mol. The van der Waals surface area contributed by atoms with Gasteiger partial charge < -0.3 is 14.8 Å². The minimum Gasteiger partial charge on any atom is -0.490 e. The van der Waals surface area contributed by atoms with Crippen LogP contribution in [0, 0.1) is 17.2 Å². The Balaban J connectivity index is 2.23. The Morgan fingerprint density at radius 3 is 2.48 bits per heavy atom. The first-order valence-corrected chi connectivity index (χ1v) is 10.6. The van der Waals surface area contributed by atoms with Gasteiger partial charge in [-0.25, -0.2) is 23.5 Å². The highest BCUT2D eigenvalue weighted by Crippen LogP contribution is 2.28. The summed E-state index contributed by atoms with van der Waals surface area (Å²) >= 11 is 0. The van der Waals surface area contributed by atoms with Gasteiger partial charge in [0.25, 0.3) is 6.43 Å². The molecule has 1 aromatic carbocycles. The molecule has 33 heavy (non-hydrogen) atoms. The van der Waals surface area contributed by atoms with Crippen LogP contribution in [0.3, 0.4) is 0 Å². The summed E-state index contributed by atoms with van der Waals surface area (Å²) in [5.41, 5.74) is -0.409. The quantitative estimate of drug-likeness (QED) is 0.546. The molecule has 0 radical (unpaired) electrons. The first kappa shape index (κ1) is 26.0. The van der Waals surface area contributed by atoms with E-state index in [-0.39, 0.29) is 23.8 Å². The lowest BCUT2D eigenvalue weighted by Crippen LogP contribution is -2.52. The van der Waals surface area contributed by atoms with Gasteiger partial charge in [-0.05, 0) is 64.3 Å². The monoisotopic (exact) mass is 460 g/mol. The second-order valence-corrected chi connectivity index (χ2v) is 9.50. The Morgan fingerprint density at radius 2 is 1.91 bits per heavy atom. The van der Waals surface area contributed by atoms with Crippen molar-refractivity contribution in [3.05, 3.63) is 41.9 Å². The molecule has 1 aromatic heterocycles. The lowest BCUT2D eigenvalue weighted by molar-refractivity contribution is 0.0408. The third kappa shape index (κ3) is 7.97. The van der Waals surface area contributed by atoms with Crippen molar-refractivity contribution in [2.24, 2.45) is 5.92 Å². The van der Waals surface area contributed by atoms with Crippen LogP contribution in [-0.4, -0.2) is 33.8 Å². The van der Waals surface area contributed by atoms with Gasteiger partial charge in [-0.15, -0.1) is 0 Å². The first-order chi connectivity index (χ1) is 15.3. The van der Waals surface area contributed by atoms with Gasteiger partial charge in [-0.1, -0.05) is 13.8 Å². The van der Waals surface area contributed by atoms with Gasteiger partial charge in [-0.3, -0.25) is 0 Å². The number of carbonyl (C=O) groups is 1. The summed E-state index contributed by atoms with van der Waals surface area (Å²) < 4.78 is 37.2. The van der Waals surface area contributed by atoms with Gasteiger partial charge in [0.2, 0.25) is 0 Å². The number of carbonyl (C=O) groups excluding carboxylic acids is 1. The largest absolute Gasteiger partial charge is 0.490 e. The van der Waals surface area contributed by atoms with Crippen molar-refractivity contribution in [1.29, 1.82) is 5.26 Å². The highest BCUT2D eigenvalue weighted by molar-refractivity contribution is 5.69. The standard InChI is InChI=1S/C24H30F2N4O3/c1-15(2)12-24(6,30-22(31)33-23(3,4)5)14-32-19-8-7-16(11-17(19)13-27)18-9-10-28-21(29-18)20(25)26/h7-11,15,20H,12,14H2,1-6H3,(H,30,31). The summed E-state index contributed by atoms with van der Waals surface area (Å²) in [6.07, 6.45) is -1.48. The lowest BCUT2D eigenvalue weighted by Gasteiger charge is -2.33. The second kappa shape index (κ2) is 10.6. The fraction of sp³-hybridized carbons (Fsp3) is 0.500. The predicted octanol–water partition coefficient (Wildman–Crippen LogP) is 5.66. The van der Waals surface area contributed by atoms with Gasteiger partial charge in [0.1, 0.15) is 24.0 Å². The molecule has 1 N–H and O–H groups in total. The minimum absolute atomic E-state index is 0.0987. The number of amides is 1. The lowest BCUT2D eigenvalue weighted by atomic mass is 9.91. The molecule has 0 saturated carbocycles. The van der Waals surface area contributed by atoms with Crippen molar-refractivity contribution < 1.29 is 23.0 Å². The van der Waals surface area contributed by atoms with Gasteiger partial charge in [0.15, 0.2) is 5.82 Å². The van der Waals surface area contributed by atoms with Crippen molar-refractivity contribution in [2.75, 3.05) is 6.61 Å². The first-order valence-electron chi connectivity index (χ1n) is 10.6. The van der Waals surface area contributed by atoms with Crippen LogP contribution < -0.4 is 10.1 Å². The number of halogens is 2. The van der Waals surface area contributed by atoms with Crippen LogP contribution in [0.15, 0.2) is 30.5 Å². The molecular formula is C24H30F2N4O3. The number of benzene rings is 1. The van der Waals surface area contributed by atoms with Crippen LogP contribution >= 0.6 is 0 Å². The maximum absolute atomic E-state index is 12.9. The second-order valence-electron chi connectivity index (χ2n) is 9.50. The van der Waals surface area contributed by atoms with Crippen LogP contribution in [-0.2, 0) is 4.74 Å². The van der Waals surface area contributed by atoms with E-state index in [1.165, 1.54) is 18.3 Å². The summed E-state index contributed by atoms with van der Waals surface area (Å²) in [5, 5.41) is 12.5. The molecular weight excluding hydrogens is 430 g/mol. The summed E-state index contributed by atoms with van der Waals surface area (Å²) in [6.45, 7) is 11.4.